The number of ketones is 1. The van der Waals surface area contributed by atoms with E-state index < -0.39 is 17.8 Å². The van der Waals surface area contributed by atoms with E-state index in [0.29, 0.717) is 36.0 Å². The standard InChI is InChI=1S/C28H22F3N5O2/c29-28(30,31)22-10-8-19(9-11-22)18-4-6-20(7-5-18)21-2-1-3-23(16-21)33-27(38)35-25-12-14-32-26(34-25)36-15-13-24(37)17-36/h1-12,14,16H,13,15,17H2,(H2,32,33,34,35,38). The lowest BCUT2D eigenvalue weighted by Gasteiger charge is -2.15. The Labute approximate surface area is 216 Å². The van der Waals surface area contributed by atoms with Crippen molar-refractivity contribution in [2.45, 2.75) is 12.6 Å². The van der Waals surface area contributed by atoms with Crippen LogP contribution in [-0.2, 0) is 11.0 Å². The molecule has 4 aromatic rings. The van der Waals surface area contributed by atoms with Crippen LogP contribution in [0.3, 0.4) is 0 Å². The molecule has 0 aliphatic carbocycles. The van der Waals surface area contributed by atoms with E-state index in [-0.39, 0.29) is 12.3 Å². The second-order valence-corrected chi connectivity index (χ2v) is 8.76. The number of amides is 2. The van der Waals surface area contributed by atoms with Crippen molar-refractivity contribution < 1.29 is 22.8 Å². The minimum atomic E-state index is -4.37. The maximum atomic E-state index is 12.8. The van der Waals surface area contributed by atoms with E-state index in [4.69, 9.17) is 0 Å². The molecule has 0 atom stereocenters. The zero-order chi connectivity index (χ0) is 26.7. The molecule has 1 aromatic heterocycles. The molecule has 0 radical (unpaired) electrons. The smallest absolute Gasteiger partial charge is 0.333 e. The predicted octanol–water partition coefficient (Wildman–Crippen LogP) is 6.25. The van der Waals surface area contributed by atoms with Crippen molar-refractivity contribution in [1.82, 2.24) is 9.97 Å². The normalized spacial score (nSPS) is 13.4. The maximum absolute atomic E-state index is 12.8. The van der Waals surface area contributed by atoms with E-state index in [1.54, 1.807) is 17.0 Å². The zero-order valence-electron chi connectivity index (χ0n) is 20.0. The quantitative estimate of drug-likeness (QED) is 0.327. The highest BCUT2D eigenvalue weighted by molar-refractivity contribution is 5.99. The Morgan fingerprint density at radius 1 is 0.842 bits per heavy atom. The van der Waals surface area contributed by atoms with Crippen LogP contribution in [0, 0.1) is 0 Å². The highest BCUT2D eigenvalue weighted by atomic mass is 19.4. The summed E-state index contributed by atoms with van der Waals surface area (Å²) in [6.45, 7) is 0.806. The average molecular weight is 518 g/mol. The van der Waals surface area contributed by atoms with Crippen LogP contribution in [-0.4, -0.2) is 34.9 Å². The first kappa shape index (κ1) is 24.9. The summed E-state index contributed by atoms with van der Waals surface area (Å²) in [6, 6.07) is 20.8. The molecular formula is C28H22F3N5O2. The fourth-order valence-electron chi connectivity index (χ4n) is 4.13. The van der Waals surface area contributed by atoms with Crippen LogP contribution in [0.1, 0.15) is 12.0 Å². The Bertz CT molecular complexity index is 1470. The molecular weight excluding hydrogens is 495 g/mol. The number of halogens is 3. The number of urea groups is 1. The highest BCUT2D eigenvalue weighted by Crippen LogP contribution is 2.32. The minimum Gasteiger partial charge on any atom is -0.333 e. The van der Waals surface area contributed by atoms with Crippen LogP contribution in [0.15, 0.2) is 85.1 Å². The number of nitrogens with one attached hydrogen (secondary N) is 2. The molecule has 2 N–H and O–H groups in total. The molecule has 1 saturated heterocycles. The van der Waals surface area contributed by atoms with Crippen molar-refractivity contribution >= 4 is 29.3 Å². The number of hydrogen-bond donors (Lipinski definition) is 2. The van der Waals surface area contributed by atoms with Gasteiger partial charge in [0.2, 0.25) is 5.95 Å². The van der Waals surface area contributed by atoms with Gasteiger partial charge >= 0.3 is 12.2 Å². The van der Waals surface area contributed by atoms with Crippen LogP contribution >= 0.6 is 0 Å². The van der Waals surface area contributed by atoms with Gasteiger partial charge in [-0.25, -0.2) is 9.78 Å². The Morgan fingerprint density at radius 3 is 2.13 bits per heavy atom. The van der Waals surface area contributed by atoms with Crippen molar-refractivity contribution in [3.05, 3.63) is 90.6 Å². The third kappa shape index (κ3) is 5.80. The van der Waals surface area contributed by atoms with Crippen molar-refractivity contribution in [2.75, 3.05) is 28.6 Å². The molecule has 3 aromatic carbocycles. The topological polar surface area (TPSA) is 87.2 Å². The van der Waals surface area contributed by atoms with Gasteiger partial charge < -0.3 is 10.2 Å². The monoisotopic (exact) mass is 517 g/mol. The Hall–Kier alpha value is -4.73. The van der Waals surface area contributed by atoms with Crippen LogP contribution < -0.4 is 15.5 Å². The summed E-state index contributed by atoms with van der Waals surface area (Å²) >= 11 is 0. The molecule has 1 aliphatic rings. The van der Waals surface area contributed by atoms with E-state index in [0.717, 1.165) is 28.8 Å². The zero-order valence-corrected chi connectivity index (χ0v) is 20.0. The van der Waals surface area contributed by atoms with Gasteiger partial charge in [0.1, 0.15) is 5.82 Å². The number of aromatic nitrogens is 2. The summed E-state index contributed by atoms with van der Waals surface area (Å²) in [5.74, 6) is 0.816. The molecule has 2 heterocycles. The van der Waals surface area contributed by atoms with Gasteiger partial charge in [-0.3, -0.25) is 10.1 Å². The number of anilines is 3. The number of carbonyl (C=O) groups is 2. The summed E-state index contributed by atoms with van der Waals surface area (Å²) in [5, 5.41) is 5.46. The summed E-state index contributed by atoms with van der Waals surface area (Å²) in [4.78, 5) is 34.4. The van der Waals surface area contributed by atoms with Gasteiger partial charge in [-0.05, 0) is 52.6 Å². The van der Waals surface area contributed by atoms with Gasteiger partial charge in [-0.1, -0.05) is 48.5 Å². The number of Topliss-reactive ketones (excluding diaryl/α,β-unsaturated/α-hetero) is 1. The molecule has 0 unspecified atom stereocenters. The first-order chi connectivity index (χ1) is 18.2. The lowest BCUT2D eigenvalue weighted by molar-refractivity contribution is -0.137. The van der Waals surface area contributed by atoms with Gasteiger partial charge in [-0.2, -0.15) is 18.2 Å². The first-order valence-corrected chi connectivity index (χ1v) is 11.8. The van der Waals surface area contributed by atoms with Crippen molar-refractivity contribution in [2.24, 2.45) is 0 Å². The lowest BCUT2D eigenvalue weighted by Crippen LogP contribution is -2.24. The fourth-order valence-corrected chi connectivity index (χ4v) is 4.13. The van der Waals surface area contributed by atoms with Crippen LogP contribution in [0.25, 0.3) is 22.3 Å². The predicted molar refractivity (Wildman–Crippen MR) is 139 cm³/mol. The summed E-state index contributed by atoms with van der Waals surface area (Å²) < 4.78 is 38.5. The maximum Gasteiger partial charge on any atom is 0.416 e. The molecule has 0 bridgehead atoms. The second kappa shape index (κ2) is 10.3. The highest BCUT2D eigenvalue weighted by Gasteiger charge is 2.30. The number of hydrogen-bond acceptors (Lipinski definition) is 5. The van der Waals surface area contributed by atoms with Gasteiger partial charge in [0.25, 0.3) is 0 Å². The lowest BCUT2D eigenvalue weighted by atomic mass is 9.99. The van der Waals surface area contributed by atoms with Crippen molar-refractivity contribution in [1.29, 1.82) is 0 Å². The molecule has 0 saturated carbocycles. The fraction of sp³-hybridized carbons (Fsp3) is 0.143. The first-order valence-electron chi connectivity index (χ1n) is 11.8. The number of carbonyl (C=O) groups excluding carboxylic acids is 2. The Morgan fingerprint density at radius 2 is 1.50 bits per heavy atom. The van der Waals surface area contributed by atoms with Crippen LogP contribution in [0.2, 0.25) is 0 Å². The van der Waals surface area contributed by atoms with E-state index in [1.165, 1.54) is 18.3 Å². The third-order valence-electron chi connectivity index (χ3n) is 6.08. The molecule has 192 valence electrons. The average Bonchev–Trinajstić information content (AvgIpc) is 3.35. The van der Waals surface area contributed by atoms with Gasteiger partial charge in [0.05, 0.1) is 12.1 Å². The van der Waals surface area contributed by atoms with E-state index >= 15 is 0 Å². The van der Waals surface area contributed by atoms with Crippen LogP contribution in [0.4, 0.5) is 35.4 Å². The number of nitrogens with zero attached hydrogens (tertiary/aromatic N) is 3. The molecule has 7 nitrogen and oxygen atoms in total. The molecule has 5 rings (SSSR count). The number of benzene rings is 3. The largest absolute Gasteiger partial charge is 0.416 e. The summed E-state index contributed by atoms with van der Waals surface area (Å²) in [5.41, 5.74) is 3.08. The molecule has 10 heteroatoms. The third-order valence-corrected chi connectivity index (χ3v) is 6.08. The molecule has 1 aliphatic heterocycles. The molecule has 38 heavy (non-hydrogen) atoms. The van der Waals surface area contributed by atoms with Gasteiger partial charge in [0.15, 0.2) is 5.78 Å². The SMILES string of the molecule is O=C1CCN(c2nccc(NC(=O)Nc3cccc(-c4ccc(-c5ccc(C(F)(F)F)cc5)cc4)c3)n2)C1. The molecule has 1 fully saturated rings. The van der Waals surface area contributed by atoms with E-state index in [1.807, 2.05) is 42.5 Å². The molecule has 0 spiro atoms. The Kier molecular flexibility index (Phi) is 6.78. The minimum absolute atomic E-state index is 0.124. The van der Waals surface area contributed by atoms with Crippen molar-refractivity contribution in [3.8, 4) is 22.3 Å². The van der Waals surface area contributed by atoms with Gasteiger partial charge in [-0.15, -0.1) is 0 Å². The number of alkyl halides is 3. The van der Waals surface area contributed by atoms with E-state index in [9.17, 15) is 22.8 Å². The van der Waals surface area contributed by atoms with Crippen LogP contribution in [0.5, 0.6) is 0 Å². The number of rotatable bonds is 5. The van der Waals surface area contributed by atoms with Crippen molar-refractivity contribution in [3.63, 3.8) is 0 Å². The van der Waals surface area contributed by atoms with E-state index in [2.05, 4.69) is 20.6 Å². The summed E-state index contributed by atoms with van der Waals surface area (Å²) in [7, 11) is 0. The second-order valence-electron chi connectivity index (χ2n) is 8.76. The summed E-state index contributed by atoms with van der Waals surface area (Å²) in [6.07, 6.45) is -2.39. The Balaban J connectivity index is 1.24. The van der Waals surface area contributed by atoms with Gasteiger partial charge in [0, 0.05) is 24.8 Å². The molecule has 2 amide bonds.